The summed E-state index contributed by atoms with van der Waals surface area (Å²) in [7, 11) is 0. The van der Waals surface area contributed by atoms with Crippen LogP contribution in [0.1, 0.15) is 38.9 Å². The van der Waals surface area contributed by atoms with E-state index in [1.54, 1.807) is 12.1 Å². The van der Waals surface area contributed by atoms with Crippen molar-refractivity contribution in [1.29, 1.82) is 0 Å². The van der Waals surface area contributed by atoms with Gasteiger partial charge in [0.15, 0.2) is 0 Å². The molecule has 5 nitrogen and oxygen atoms in total. The molecule has 0 saturated carbocycles. The van der Waals surface area contributed by atoms with Gasteiger partial charge in [-0.25, -0.2) is 4.79 Å². The van der Waals surface area contributed by atoms with E-state index in [4.69, 9.17) is 5.11 Å². The molecular formula is C21H20N2O3. The zero-order valence-electron chi connectivity index (χ0n) is 14.6. The van der Waals surface area contributed by atoms with E-state index in [2.05, 4.69) is 4.57 Å². The van der Waals surface area contributed by atoms with Crippen LogP contribution in [0.5, 0.6) is 0 Å². The average Bonchev–Trinajstić information content (AvgIpc) is 3.05. The average molecular weight is 348 g/mol. The Bertz CT molecular complexity index is 1020. The van der Waals surface area contributed by atoms with Crippen molar-refractivity contribution in [2.24, 2.45) is 0 Å². The number of fused-ring (bicyclic) bond motifs is 2. The molecule has 0 saturated heterocycles. The number of amides is 1. The van der Waals surface area contributed by atoms with Crippen LogP contribution in [0.2, 0.25) is 0 Å². The highest BCUT2D eigenvalue weighted by molar-refractivity contribution is 5.99. The molecule has 1 aliphatic heterocycles. The highest BCUT2D eigenvalue weighted by atomic mass is 16.4. The molecular weight excluding hydrogens is 328 g/mol. The molecule has 4 rings (SSSR count). The van der Waals surface area contributed by atoms with Crippen molar-refractivity contribution < 1.29 is 14.7 Å². The summed E-state index contributed by atoms with van der Waals surface area (Å²) < 4.78 is 2.06. The number of carboxylic acid groups (broad SMARTS) is 1. The molecule has 1 amide bonds. The molecule has 2 aromatic carbocycles. The third-order valence-electron chi connectivity index (χ3n) is 5.10. The van der Waals surface area contributed by atoms with Gasteiger partial charge in [-0.2, -0.15) is 0 Å². The number of nitrogens with zero attached hydrogens (tertiary/aromatic N) is 2. The Morgan fingerprint density at radius 3 is 2.65 bits per heavy atom. The Kier molecular flexibility index (Phi) is 3.99. The van der Waals surface area contributed by atoms with Gasteiger partial charge < -0.3 is 14.6 Å². The van der Waals surface area contributed by atoms with Gasteiger partial charge in [-0.05, 0) is 48.7 Å². The van der Waals surface area contributed by atoms with E-state index in [0.29, 0.717) is 30.8 Å². The Labute approximate surface area is 151 Å². The van der Waals surface area contributed by atoms with Crippen LogP contribution >= 0.6 is 0 Å². The number of para-hydroxylation sites is 1. The first-order valence-electron chi connectivity index (χ1n) is 8.81. The molecule has 0 bridgehead atoms. The molecule has 0 aliphatic carbocycles. The zero-order valence-corrected chi connectivity index (χ0v) is 14.6. The van der Waals surface area contributed by atoms with E-state index in [-0.39, 0.29) is 5.91 Å². The fourth-order valence-corrected chi connectivity index (χ4v) is 3.75. The Morgan fingerprint density at radius 2 is 1.88 bits per heavy atom. The van der Waals surface area contributed by atoms with Crippen LogP contribution in [0.15, 0.2) is 48.5 Å². The van der Waals surface area contributed by atoms with Gasteiger partial charge in [-0.3, -0.25) is 4.79 Å². The van der Waals surface area contributed by atoms with E-state index in [1.807, 2.05) is 48.2 Å². The maximum Gasteiger partial charge on any atom is 0.335 e. The molecule has 2 heterocycles. The first-order valence-corrected chi connectivity index (χ1v) is 8.81. The van der Waals surface area contributed by atoms with E-state index >= 15 is 0 Å². The fourth-order valence-electron chi connectivity index (χ4n) is 3.75. The van der Waals surface area contributed by atoms with Crippen LogP contribution in [0.4, 0.5) is 0 Å². The monoisotopic (exact) mass is 348 g/mol. The third kappa shape index (κ3) is 2.65. The van der Waals surface area contributed by atoms with Gasteiger partial charge in [0.25, 0.3) is 5.91 Å². The molecule has 1 aromatic heterocycles. The largest absolute Gasteiger partial charge is 0.478 e. The lowest BCUT2D eigenvalue weighted by atomic mass is 9.97. The molecule has 0 unspecified atom stereocenters. The quantitative estimate of drug-likeness (QED) is 0.787. The summed E-state index contributed by atoms with van der Waals surface area (Å²) in [5, 5.41) is 10.2. The minimum atomic E-state index is -0.918. The van der Waals surface area contributed by atoms with E-state index < -0.39 is 5.97 Å². The maximum atomic E-state index is 13.1. The van der Waals surface area contributed by atoms with Crippen molar-refractivity contribution in [2.75, 3.05) is 6.54 Å². The minimum absolute atomic E-state index is 0.0241. The van der Waals surface area contributed by atoms with E-state index in [9.17, 15) is 9.59 Å². The topological polar surface area (TPSA) is 62.5 Å². The summed E-state index contributed by atoms with van der Waals surface area (Å²) in [6, 6.07) is 15.2. The van der Waals surface area contributed by atoms with Crippen molar-refractivity contribution in [3.05, 3.63) is 70.9 Å². The molecule has 1 N–H and O–H groups in total. The van der Waals surface area contributed by atoms with Crippen molar-refractivity contribution >= 4 is 22.8 Å². The normalized spacial score (nSPS) is 13.7. The first-order chi connectivity index (χ1) is 12.6. The molecule has 0 radical (unpaired) electrons. The Hall–Kier alpha value is -3.08. The molecule has 0 atom stereocenters. The molecule has 132 valence electrons. The van der Waals surface area contributed by atoms with Crippen LogP contribution in [-0.2, 0) is 19.5 Å². The van der Waals surface area contributed by atoms with Gasteiger partial charge in [-0.15, -0.1) is 0 Å². The molecule has 0 spiro atoms. The third-order valence-corrected chi connectivity index (χ3v) is 5.10. The van der Waals surface area contributed by atoms with E-state index in [1.165, 1.54) is 0 Å². The second kappa shape index (κ2) is 6.33. The minimum Gasteiger partial charge on any atom is -0.478 e. The smallest absolute Gasteiger partial charge is 0.335 e. The van der Waals surface area contributed by atoms with Gasteiger partial charge in [0.05, 0.1) is 5.56 Å². The van der Waals surface area contributed by atoms with Gasteiger partial charge in [-0.1, -0.05) is 24.3 Å². The number of aromatic carboxylic acids is 1. The second-order valence-electron chi connectivity index (χ2n) is 6.60. The van der Waals surface area contributed by atoms with Crippen LogP contribution in [-0.4, -0.2) is 33.0 Å². The number of aromatic nitrogens is 1. The summed E-state index contributed by atoms with van der Waals surface area (Å²) in [6.07, 6.45) is 0.675. The lowest BCUT2D eigenvalue weighted by Crippen LogP contribution is -2.37. The van der Waals surface area contributed by atoms with Gasteiger partial charge in [0.2, 0.25) is 0 Å². The highest BCUT2D eigenvalue weighted by Crippen LogP contribution is 2.25. The fraction of sp³-hybridized carbons (Fsp3) is 0.238. The van der Waals surface area contributed by atoms with Crippen LogP contribution < -0.4 is 0 Å². The predicted molar refractivity (Wildman–Crippen MR) is 99.5 cm³/mol. The lowest BCUT2D eigenvalue weighted by Gasteiger charge is -2.29. The number of rotatable bonds is 3. The summed E-state index contributed by atoms with van der Waals surface area (Å²) in [6.45, 7) is 3.89. The summed E-state index contributed by atoms with van der Waals surface area (Å²) in [5.41, 5.74) is 4.12. The number of hydrogen-bond donors (Lipinski definition) is 1. The van der Waals surface area contributed by atoms with E-state index in [0.717, 1.165) is 28.6 Å². The Balaban J connectivity index is 1.65. The number of carboxylic acids is 1. The summed E-state index contributed by atoms with van der Waals surface area (Å²) in [4.78, 5) is 26.1. The molecule has 26 heavy (non-hydrogen) atoms. The predicted octanol–water partition coefficient (Wildman–Crippen LogP) is 3.56. The number of hydrogen-bond acceptors (Lipinski definition) is 2. The van der Waals surface area contributed by atoms with Crippen molar-refractivity contribution in [1.82, 2.24) is 9.47 Å². The van der Waals surface area contributed by atoms with Gasteiger partial charge in [0.1, 0.15) is 5.69 Å². The van der Waals surface area contributed by atoms with Crippen molar-refractivity contribution in [3.8, 4) is 0 Å². The summed E-state index contributed by atoms with van der Waals surface area (Å²) >= 11 is 0. The highest BCUT2D eigenvalue weighted by Gasteiger charge is 2.25. The molecule has 1 aliphatic rings. The molecule has 3 aromatic rings. The standard InChI is InChI=1S/C21H20N2O3/c1-2-23-18-6-4-3-5-15(18)12-19(23)20(24)22-10-9-14-11-16(21(25)26)7-8-17(14)13-22/h3-8,11-12H,2,9-10,13H2,1H3,(H,25,26). The number of carbonyl (C=O) groups is 2. The van der Waals surface area contributed by atoms with Crippen LogP contribution in [0, 0.1) is 0 Å². The summed E-state index contributed by atoms with van der Waals surface area (Å²) in [5.74, 6) is -0.894. The maximum absolute atomic E-state index is 13.1. The van der Waals surface area contributed by atoms with Crippen molar-refractivity contribution in [3.63, 3.8) is 0 Å². The van der Waals surface area contributed by atoms with Gasteiger partial charge >= 0.3 is 5.97 Å². The zero-order chi connectivity index (χ0) is 18.3. The Morgan fingerprint density at radius 1 is 1.08 bits per heavy atom. The number of aryl methyl sites for hydroxylation is 1. The van der Waals surface area contributed by atoms with Crippen LogP contribution in [0.3, 0.4) is 0 Å². The lowest BCUT2D eigenvalue weighted by molar-refractivity contribution is 0.0690. The second-order valence-corrected chi connectivity index (χ2v) is 6.60. The number of benzene rings is 2. The van der Waals surface area contributed by atoms with Gasteiger partial charge in [0, 0.05) is 30.5 Å². The SMILES string of the molecule is CCn1c(C(=O)N2CCc3cc(C(=O)O)ccc3C2)cc2ccccc21. The van der Waals surface area contributed by atoms with Crippen LogP contribution in [0.25, 0.3) is 10.9 Å². The number of carbonyl (C=O) groups excluding carboxylic acids is 1. The molecule has 5 heteroatoms. The first kappa shape index (κ1) is 16.4. The molecule has 0 fully saturated rings. The van der Waals surface area contributed by atoms with Crippen molar-refractivity contribution in [2.45, 2.75) is 26.4 Å².